The molecule has 0 amide bonds. The van der Waals surface area contributed by atoms with Crippen LogP contribution in [0.2, 0.25) is 0 Å². The van der Waals surface area contributed by atoms with Crippen LogP contribution in [0.25, 0.3) is 0 Å². The SMILES string of the molecule is O=C(C[C@H](NCc1ccccc1)C(=O)O)OCc1ccccc1. The Kier molecular flexibility index (Phi) is 6.32. The van der Waals surface area contributed by atoms with Crippen LogP contribution in [0.15, 0.2) is 60.7 Å². The normalized spacial score (nSPS) is 11.7. The Balaban J connectivity index is 1.81. The van der Waals surface area contributed by atoms with Crippen LogP contribution in [0.4, 0.5) is 0 Å². The average Bonchev–Trinajstić information content (AvgIpc) is 2.58. The lowest BCUT2D eigenvalue weighted by molar-refractivity contribution is -0.150. The van der Waals surface area contributed by atoms with Gasteiger partial charge in [0.25, 0.3) is 0 Å². The van der Waals surface area contributed by atoms with Crippen LogP contribution >= 0.6 is 0 Å². The summed E-state index contributed by atoms with van der Waals surface area (Å²) in [5.41, 5.74) is 1.82. The molecule has 0 spiro atoms. The maximum atomic E-state index is 11.8. The third kappa shape index (κ3) is 5.92. The zero-order valence-corrected chi connectivity index (χ0v) is 12.6. The van der Waals surface area contributed by atoms with Crippen LogP contribution in [0.1, 0.15) is 17.5 Å². The Morgan fingerprint density at radius 3 is 2.09 bits per heavy atom. The monoisotopic (exact) mass is 313 g/mol. The van der Waals surface area contributed by atoms with Crippen molar-refractivity contribution in [2.75, 3.05) is 0 Å². The Labute approximate surface area is 134 Å². The first-order valence-electron chi connectivity index (χ1n) is 7.35. The molecule has 0 heterocycles. The minimum atomic E-state index is -1.07. The van der Waals surface area contributed by atoms with Crippen molar-refractivity contribution in [2.45, 2.75) is 25.6 Å². The molecule has 0 aromatic heterocycles. The molecule has 0 radical (unpaired) electrons. The van der Waals surface area contributed by atoms with Gasteiger partial charge in [-0.3, -0.25) is 14.9 Å². The van der Waals surface area contributed by atoms with Gasteiger partial charge in [0.05, 0.1) is 6.42 Å². The fourth-order valence-corrected chi connectivity index (χ4v) is 2.05. The number of rotatable bonds is 8. The van der Waals surface area contributed by atoms with Gasteiger partial charge in [0, 0.05) is 6.54 Å². The molecular weight excluding hydrogens is 294 g/mol. The Morgan fingerprint density at radius 1 is 0.957 bits per heavy atom. The van der Waals surface area contributed by atoms with Crippen molar-refractivity contribution in [1.82, 2.24) is 5.32 Å². The fraction of sp³-hybridized carbons (Fsp3) is 0.222. The van der Waals surface area contributed by atoms with Crippen molar-refractivity contribution in [3.8, 4) is 0 Å². The first-order chi connectivity index (χ1) is 11.1. The molecule has 0 aliphatic heterocycles. The van der Waals surface area contributed by atoms with Crippen molar-refractivity contribution < 1.29 is 19.4 Å². The third-order valence-corrected chi connectivity index (χ3v) is 3.31. The number of carbonyl (C=O) groups excluding carboxylic acids is 1. The number of benzene rings is 2. The van der Waals surface area contributed by atoms with Crippen molar-refractivity contribution in [3.63, 3.8) is 0 Å². The van der Waals surface area contributed by atoms with E-state index in [-0.39, 0.29) is 13.0 Å². The van der Waals surface area contributed by atoms with E-state index < -0.39 is 18.0 Å². The van der Waals surface area contributed by atoms with Gasteiger partial charge in [0.1, 0.15) is 12.6 Å². The molecule has 2 aromatic rings. The van der Waals surface area contributed by atoms with Gasteiger partial charge in [-0.1, -0.05) is 60.7 Å². The van der Waals surface area contributed by atoms with E-state index in [2.05, 4.69) is 5.32 Å². The van der Waals surface area contributed by atoms with E-state index in [0.29, 0.717) is 6.54 Å². The molecule has 5 heteroatoms. The molecule has 0 aliphatic rings. The summed E-state index contributed by atoms with van der Waals surface area (Å²) in [6.07, 6.45) is -0.213. The molecule has 0 saturated heterocycles. The second-order valence-corrected chi connectivity index (χ2v) is 5.11. The van der Waals surface area contributed by atoms with Crippen molar-refractivity contribution in [2.24, 2.45) is 0 Å². The second kappa shape index (κ2) is 8.70. The Bertz CT molecular complexity index is 628. The molecule has 23 heavy (non-hydrogen) atoms. The topological polar surface area (TPSA) is 75.6 Å². The smallest absolute Gasteiger partial charge is 0.321 e. The molecule has 0 aliphatic carbocycles. The minimum absolute atomic E-state index is 0.144. The molecule has 5 nitrogen and oxygen atoms in total. The summed E-state index contributed by atoms with van der Waals surface area (Å²) in [6, 6.07) is 17.7. The lowest BCUT2D eigenvalue weighted by Gasteiger charge is -2.14. The van der Waals surface area contributed by atoms with Crippen molar-refractivity contribution in [1.29, 1.82) is 0 Å². The lowest BCUT2D eigenvalue weighted by atomic mass is 10.1. The maximum absolute atomic E-state index is 11.8. The predicted octanol–water partition coefficient (Wildman–Crippen LogP) is 2.36. The molecule has 2 N–H and O–H groups in total. The number of ether oxygens (including phenoxy) is 1. The highest BCUT2D eigenvalue weighted by Gasteiger charge is 2.21. The van der Waals surface area contributed by atoms with Crippen molar-refractivity contribution >= 4 is 11.9 Å². The highest BCUT2D eigenvalue weighted by Crippen LogP contribution is 2.05. The van der Waals surface area contributed by atoms with Gasteiger partial charge >= 0.3 is 11.9 Å². The Morgan fingerprint density at radius 2 is 1.52 bits per heavy atom. The third-order valence-electron chi connectivity index (χ3n) is 3.31. The first kappa shape index (κ1) is 16.7. The number of esters is 1. The van der Waals surface area contributed by atoms with Crippen LogP contribution in [0.3, 0.4) is 0 Å². The number of hydrogen-bond acceptors (Lipinski definition) is 4. The van der Waals surface area contributed by atoms with E-state index in [1.165, 1.54) is 0 Å². The molecule has 2 aromatic carbocycles. The molecule has 2 rings (SSSR count). The number of hydrogen-bond donors (Lipinski definition) is 2. The molecule has 0 unspecified atom stereocenters. The van der Waals surface area contributed by atoms with Gasteiger partial charge in [0.15, 0.2) is 0 Å². The van der Waals surface area contributed by atoms with Crippen LogP contribution < -0.4 is 5.32 Å². The maximum Gasteiger partial charge on any atom is 0.321 e. The van der Waals surface area contributed by atoms with Crippen LogP contribution in [-0.2, 0) is 27.5 Å². The van der Waals surface area contributed by atoms with Crippen LogP contribution in [0.5, 0.6) is 0 Å². The summed E-state index contributed by atoms with van der Waals surface area (Å²) in [7, 11) is 0. The zero-order chi connectivity index (χ0) is 16.5. The molecule has 1 atom stereocenters. The number of carbonyl (C=O) groups is 2. The Hall–Kier alpha value is -2.66. The van der Waals surface area contributed by atoms with E-state index in [9.17, 15) is 14.7 Å². The van der Waals surface area contributed by atoms with E-state index in [1.54, 1.807) is 0 Å². The van der Waals surface area contributed by atoms with E-state index >= 15 is 0 Å². The molecule has 120 valence electrons. The van der Waals surface area contributed by atoms with Crippen molar-refractivity contribution in [3.05, 3.63) is 71.8 Å². The molecule has 0 fully saturated rings. The molecule has 0 bridgehead atoms. The predicted molar refractivity (Wildman–Crippen MR) is 85.6 cm³/mol. The summed E-state index contributed by atoms with van der Waals surface area (Å²) in [5.74, 6) is -1.61. The standard InChI is InChI=1S/C18H19NO4/c20-17(23-13-15-9-5-2-6-10-15)11-16(18(21)22)19-12-14-7-3-1-4-8-14/h1-10,16,19H,11-13H2,(H,21,22)/t16-/m0/s1. The molecular formula is C18H19NO4. The summed E-state index contributed by atoms with van der Waals surface area (Å²) in [6.45, 7) is 0.522. The fourth-order valence-electron chi connectivity index (χ4n) is 2.05. The largest absolute Gasteiger partial charge is 0.480 e. The first-order valence-corrected chi connectivity index (χ1v) is 7.35. The number of carboxylic acids is 1. The zero-order valence-electron chi connectivity index (χ0n) is 12.6. The summed E-state index contributed by atoms with van der Waals surface area (Å²) in [4.78, 5) is 23.1. The highest BCUT2D eigenvalue weighted by molar-refractivity contribution is 5.81. The van der Waals surface area contributed by atoms with Gasteiger partial charge in [0.2, 0.25) is 0 Å². The van der Waals surface area contributed by atoms with Gasteiger partial charge in [-0.05, 0) is 11.1 Å². The summed E-state index contributed by atoms with van der Waals surface area (Å²) in [5, 5.41) is 12.1. The lowest BCUT2D eigenvalue weighted by Crippen LogP contribution is -2.38. The quantitative estimate of drug-likeness (QED) is 0.732. The van der Waals surface area contributed by atoms with Gasteiger partial charge in [-0.25, -0.2) is 0 Å². The van der Waals surface area contributed by atoms with Crippen LogP contribution in [0, 0.1) is 0 Å². The highest BCUT2D eigenvalue weighted by atomic mass is 16.5. The minimum Gasteiger partial charge on any atom is -0.480 e. The number of carboxylic acid groups (broad SMARTS) is 1. The summed E-state index contributed by atoms with van der Waals surface area (Å²) < 4.78 is 5.12. The van der Waals surface area contributed by atoms with Gasteiger partial charge in [-0.15, -0.1) is 0 Å². The average molecular weight is 313 g/mol. The summed E-state index contributed by atoms with van der Waals surface area (Å²) >= 11 is 0. The van der Waals surface area contributed by atoms with E-state index in [4.69, 9.17) is 4.74 Å². The van der Waals surface area contributed by atoms with E-state index in [0.717, 1.165) is 11.1 Å². The second-order valence-electron chi connectivity index (χ2n) is 5.11. The van der Waals surface area contributed by atoms with Gasteiger partial charge in [-0.2, -0.15) is 0 Å². The van der Waals surface area contributed by atoms with Crippen LogP contribution in [-0.4, -0.2) is 23.1 Å². The van der Waals surface area contributed by atoms with E-state index in [1.807, 2.05) is 60.7 Å². The molecule has 0 saturated carbocycles. The van der Waals surface area contributed by atoms with Gasteiger partial charge < -0.3 is 9.84 Å². The number of nitrogens with one attached hydrogen (secondary N) is 1. The number of aliphatic carboxylic acids is 1.